The van der Waals surface area contributed by atoms with Gasteiger partial charge in [-0.15, -0.1) is 0 Å². The topological polar surface area (TPSA) is 50.3 Å². The van der Waals surface area contributed by atoms with E-state index in [0.29, 0.717) is 12.0 Å². The molecular weight excluding hydrogens is 252 g/mol. The number of rotatable bonds is 7. The van der Waals surface area contributed by atoms with Gasteiger partial charge in [0.25, 0.3) is 0 Å². The number of hydrogen-bond acceptors (Lipinski definition) is 5. The van der Waals surface area contributed by atoms with E-state index in [1.54, 1.807) is 12.5 Å². The average Bonchev–Trinajstić information content (AvgIpc) is 2.48. The van der Waals surface area contributed by atoms with Gasteiger partial charge in [-0.25, -0.2) is 9.97 Å². The molecular formula is C15H26N4O. The molecule has 0 spiro atoms. The van der Waals surface area contributed by atoms with Crippen LogP contribution in [0, 0.1) is 5.92 Å². The highest BCUT2D eigenvalue weighted by molar-refractivity contribution is 4.97. The maximum absolute atomic E-state index is 5.45. The van der Waals surface area contributed by atoms with Crippen LogP contribution in [0.4, 0.5) is 0 Å². The maximum atomic E-state index is 5.45. The molecule has 1 fully saturated rings. The maximum Gasteiger partial charge on any atom is 0.115 e. The molecule has 2 rings (SSSR count). The molecule has 1 aromatic rings. The number of hydrogen-bond donors (Lipinski definition) is 1. The van der Waals surface area contributed by atoms with E-state index < -0.39 is 0 Å². The molecule has 1 unspecified atom stereocenters. The molecule has 1 aliphatic rings. The number of aromatic nitrogens is 2. The quantitative estimate of drug-likeness (QED) is 0.815. The zero-order valence-corrected chi connectivity index (χ0v) is 12.6. The van der Waals surface area contributed by atoms with Gasteiger partial charge in [-0.05, 0) is 18.4 Å². The Morgan fingerprint density at radius 2 is 2.15 bits per heavy atom. The molecule has 5 heteroatoms. The third-order valence-corrected chi connectivity index (χ3v) is 3.63. The van der Waals surface area contributed by atoms with Gasteiger partial charge in [0.2, 0.25) is 0 Å². The van der Waals surface area contributed by atoms with E-state index in [2.05, 4.69) is 34.0 Å². The average molecular weight is 278 g/mol. The van der Waals surface area contributed by atoms with Gasteiger partial charge in [0.15, 0.2) is 0 Å². The standard InChI is InChI=1S/C15H26N4O/c1-13(2)9-15(19-5-7-20-8-6-19)11-17-10-14-3-4-16-12-18-14/h3-4,12-13,15,17H,5-11H2,1-2H3. The first-order chi connectivity index (χ1) is 9.75. The molecule has 1 atom stereocenters. The van der Waals surface area contributed by atoms with Gasteiger partial charge < -0.3 is 10.1 Å². The second-order valence-electron chi connectivity index (χ2n) is 5.76. The van der Waals surface area contributed by atoms with Crippen molar-refractivity contribution < 1.29 is 4.74 Å². The van der Waals surface area contributed by atoms with Crippen molar-refractivity contribution in [2.45, 2.75) is 32.9 Å². The van der Waals surface area contributed by atoms with Crippen LogP contribution in [0.25, 0.3) is 0 Å². The Balaban J connectivity index is 1.80. The minimum absolute atomic E-state index is 0.584. The Bertz CT molecular complexity index is 365. The van der Waals surface area contributed by atoms with Crippen LogP contribution < -0.4 is 5.32 Å². The zero-order valence-electron chi connectivity index (χ0n) is 12.6. The van der Waals surface area contributed by atoms with Crippen LogP contribution in [0.2, 0.25) is 0 Å². The normalized spacial score (nSPS) is 18.4. The largest absolute Gasteiger partial charge is 0.379 e. The van der Waals surface area contributed by atoms with Gasteiger partial charge >= 0.3 is 0 Å². The van der Waals surface area contributed by atoms with E-state index in [1.807, 2.05) is 6.07 Å². The summed E-state index contributed by atoms with van der Waals surface area (Å²) in [6.07, 6.45) is 4.61. The Labute approximate surface area is 121 Å². The van der Waals surface area contributed by atoms with Gasteiger partial charge in [-0.2, -0.15) is 0 Å². The molecule has 112 valence electrons. The molecule has 0 aliphatic carbocycles. The highest BCUT2D eigenvalue weighted by Gasteiger charge is 2.21. The smallest absolute Gasteiger partial charge is 0.115 e. The van der Waals surface area contributed by atoms with Crippen LogP contribution in [0.15, 0.2) is 18.6 Å². The number of ether oxygens (including phenoxy) is 1. The highest BCUT2D eigenvalue weighted by atomic mass is 16.5. The van der Waals surface area contributed by atoms with Crippen molar-refractivity contribution in [2.24, 2.45) is 5.92 Å². The van der Waals surface area contributed by atoms with Crippen LogP contribution in [-0.4, -0.2) is 53.8 Å². The Morgan fingerprint density at radius 1 is 1.35 bits per heavy atom. The molecule has 0 radical (unpaired) electrons. The molecule has 5 nitrogen and oxygen atoms in total. The lowest BCUT2D eigenvalue weighted by atomic mass is 10.0. The fourth-order valence-electron chi connectivity index (χ4n) is 2.64. The lowest BCUT2D eigenvalue weighted by Crippen LogP contribution is -2.48. The molecule has 0 amide bonds. The molecule has 1 saturated heterocycles. The van der Waals surface area contributed by atoms with Crippen LogP contribution in [-0.2, 0) is 11.3 Å². The summed E-state index contributed by atoms with van der Waals surface area (Å²) in [4.78, 5) is 10.7. The first-order valence-corrected chi connectivity index (χ1v) is 7.53. The van der Waals surface area contributed by atoms with Crippen LogP contribution in [0.1, 0.15) is 26.0 Å². The molecule has 20 heavy (non-hydrogen) atoms. The molecule has 0 aromatic carbocycles. The lowest BCUT2D eigenvalue weighted by molar-refractivity contribution is 0.0123. The minimum atomic E-state index is 0.584. The summed E-state index contributed by atoms with van der Waals surface area (Å²) in [6.45, 7) is 10.2. The molecule has 0 bridgehead atoms. The predicted octanol–water partition coefficient (Wildman–Crippen LogP) is 1.31. The third-order valence-electron chi connectivity index (χ3n) is 3.63. The molecule has 1 N–H and O–H groups in total. The van der Waals surface area contributed by atoms with Crippen molar-refractivity contribution in [1.29, 1.82) is 0 Å². The Morgan fingerprint density at radius 3 is 2.80 bits per heavy atom. The van der Waals surface area contributed by atoms with Gasteiger partial charge in [0, 0.05) is 38.4 Å². The molecule has 1 aliphatic heterocycles. The van der Waals surface area contributed by atoms with Gasteiger partial charge in [0.05, 0.1) is 18.9 Å². The summed E-state index contributed by atoms with van der Waals surface area (Å²) in [5.41, 5.74) is 1.05. The number of morpholine rings is 1. The van der Waals surface area contributed by atoms with E-state index in [9.17, 15) is 0 Å². The molecule has 2 heterocycles. The summed E-state index contributed by atoms with van der Waals surface area (Å²) in [6, 6.07) is 2.54. The van der Waals surface area contributed by atoms with Crippen molar-refractivity contribution >= 4 is 0 Å². The van der Waals surface area contributed by atoms with Crippen molar-refractivity contribution in [3.8, 4) is 0 Å². The minimum Gasteiger partial charge on any atom is -0.379 e. The van der Waals surface area contributed by atoms with Crippen molar-refractivity contribution in [2.75, 3.05) is 32.8 Å². The Hall–Kier alpha value is -1.04. The van der Waals surface area contributed by atoms with E-state index >= 15 is 0 Å². The highest BCUT2D eigenvalue weighted by Crippen LogP contribution is 2.13. The molecule has 0 saturated carbocycles. The monoisotopic (exact) mass is 278 g/mol. The third kappa shape index (κ3) is 5.15. The van der Waals surface area contributed by atoms with E-state index in [4.69, 9.17) is 4.74 Å². The first kappa shape index (κ1) is 15.4. The van der Waals surface area contributed by atoms with Crippen LogP contribution in [0.3, 0.4) is 0 Å². The van der Waals surface area contributed by atoms with Crippen LogP contribution >= 0.6 is 0 Å². The molecule has 1 aromatic heterocycles. The van der Waals surface area contributed by atoms with Gasteiger partial charge in [-0.1, -0.05) is 13.8 Å². The summed E-state index contributed by atoms with van der Waals surface area (Å²) in [5, 5.41) is 3.53. The summed E-state index contributed by atoms with van der Waals surface area (Å²) < 4.78 is 5.45. The predicted molar refractivity (Wildman–Crippen MR) is 79.4 cm³/mol. The summed E-state index contributed by atoms with van der Waals surface area (Å²) >= 11 is 0. The van der Waals surface area contributed by atoms with Crippen LogP contribution in [0.5, 0.6) is 0 Å². The number of nitrogens with one attached hydrogen (secondary N) is 1. The van der Waals surface area contributed by atoms with Crippen molar-refractivity contribution in [3.05, 3.63) is 24.3 Å². The van der Waals surface area contributed by atoms with Crippen molar-refractivity contribution in [1.82, 2.24) is 20.2 Å². The SMILES string of the molecule is CC(C)CC(CNCc1ccncn1)N1CCOCC1. The van der Waals surface area contributed by atoms with Gasteiger partial charge in [-0.3, -0.25) is 4.90 Å². The zero-order chi connectivity index (χ0) is 14.2. The lowest BCUT2D eigenvalue weighted by Gasteiger charge is -2.35. The second-order valence-corrected chi connectivity index (χ2v) is 5.76. The first-order valence-electron chi connectivity index (χ1n) is 7.53. The fraction of sp³-hybridized carbons (Fsp3) is 0.733. The van der Waals surface area contributed by atoms with E-state index in [1.165, 1.54) is 6.42 Å². The van der Waals surface area contributed by atoms with E-state index in [0.717, 1.165) is 45.1 Å². The van der Waals surface area contributed by atoms with Gasteiger partial charge in [0.1, 0.15) is 6.33 Å². The van der Waals surface area contributed by atoms with Crippen molar-refractivity contribution in [3.63, 3.8) is 0 Å². The van der Waals surface area contributed by atoms with E-state index in [-0.39, 0.29) is 0 Å². The summed E-state index contributed by atoms with van der Waals surface area (Å²) in [5.74, 6) is 0.712. The summed E-state index contributed by atoms with van der Waals surface area (Å²) in [7, 11) is 0. The Kier molecular flexibility index (Phi) is 6.36. The number of nitrogens with zero attached hydrogens (tertiary/aromatic N) is 3. The fourth-order valence-corrected chi connectivity index (χ4v) is 2.64. The second kappa shape index (κ2) is 8.29.